The van der Waals surface area contributed by atoms with Crippen LogP contribution < -0.4 is 11.1 Å². The first kappa shape index (κ1) is 14.0. The Morgan fingerprint density at radius 3 is 2.63 bits per heavy atom. The zero-order valence-corrected chi connectivity index (χ0v) is 11.6. The number of rotatable bonds is 2. The van der Waals surface area contributed by atoms with Crippen LogP contribution in [0.15, 0.2) is 18.2 Å². The van der Waals surface area contributed by atoms with Gasteiger partial charge in [0.1, 0.15) is 5.82 Å². The van der Waals surface area contributed by atoms with Crippen LogP contribution in [0.2, 0.25) is 0 Å². The van der Waals surface area contributed by atoms with Crippen molar-refractivity contribution in [2.75, 3.05) is 0 Å². The highest BCUT2D eigenvalue weighted by molar-refractivity contribution is 5.78. The number of primary amides is 1. The number of hydrogen-bond donors (Lipinski definition) is 2. The predicted molar refractivity (Wildman–Crippen MR) is 72.9 cm³/mol. The van der Waals surface area contributed by atoms with Gasteiger partial charge in [0.2, 0.25) is 5.91 Å². The van der Waals surface area contributed by atoms with E-state index in [0.29, 0.717) is 6.04 Å². The second-order valence-corrected chi connectivity index (χ2v) is 5.75. The summed E-state index contributed by atoms with van der Waals surface area (Å²) < 4.78 is 13.6. The van der Waals surface area contributed by atoms with Gasteiger partial charge in [0.25, 0.3) is 0 Å². The molecule has 0 bridgehead atoms. The molecule has 1 heterocycles. The quantitative estimate of drug-likeness (QED) is 0.861. The third kappa shape index (κ3) is 2.95. The fourth-order valence-electron chi connectivity index (χ4n) is 3.20. The first-order chi connectivity index (χ1) is 8.88. The largest absolute Gasteiger partial charge is 0.369 e. The van der Waals surface area contributed by atoms with Crippen molar-refractivity contribution in [3.8, 4) is 0 Å². The summed E-state index contributed by atoms with van der Waals surface area (Å²) in [6, 6.07) is 4.98. The lowest BCUT2D eigenvalue weighted by Gasteiger charge is -2.39. The summed E-state index contributed by atoms with van der Waals surface area (Å²) in [5, 5.41) is 3.38. The molecule has 19 heavy (non-hydrogen) atoms. The Balaban J connectivity index is 2.40. The van der Waals surface area contributed by atoms with Gasteiger partial charge in [-0.2, -0.15) is 0 Å². The summed E-state index contributed by atoms with van der Waals surface area (Å²) >= 11 is 0. The van der Waals surface area contributed by atoms with E-state index in [1.807, 2.05) is 19.9 Å². The van der Waals surface area contributed by atoms with Crippen LogP contribution in [-0.4, -0.2) is 11.9 Å². The molecular weight excluding hydrogens is 243 g/mol. The normalized spacial score (nSPS) is 31.2. The van der Waals surface area contributed by atoms with Gasteiger partial charge < -0.3 is 11.1 Å². The number of aryl methyl sites for hydroxylation is 1. The minimum atomic E-state index is -0.321. The van der Waals surface area contributed by atoms with Crippen molar-refractivity contribution in [1.29, 1.82) is 0 Å². The van der Waals surface area contributed by atoms with Crippen molar-refractivity contribution in [2.24, 2.45) is 17.6 Å². The van der Waals surface area contributed by atoms with E-state index in [-0.39, 0.29) is 29.6 Å². The molecule has 0 spiro atoms. The van der Waals surface area contributed by atoms with E-state index in [9.17, 15) is 9.18 Å². The minimum Gasteiger partial charge on any atom is -0.369 e. The van der Waals surface area contributed by atoms with E-state index in [1.54, 1.807) is 0 Å². The van der Waals surface area contributed by atoms with Crippen LogP contribution in [0.4, 0.5) is 4.39 Å². The molecule has 0 saturated carbocycles. The first-order valence-electron chi connectivity index (χ1n) is 6.71. The fourth-order valence-corrected chi connectivity index (χ4v) is 3.20. The molecule has 1 aromatic rings. The molecule has 2 rings (SSSR count). The van der Waals surface area contributed by atoms with Crippen LogP contribution >= 0.6 is 0 Å². The van der Waals surface area contributed by atoms with Gasteiger partial charge in [-0.25, -0.2) is 4.39 Å². The van der Waals surface area contributed by atoms with Crippen LogP contribution in [0.3, 0.4) is 0 Å². The maximum absolute atomic E-state index is 13.6. The van der Waals surface area contributed by atoms with Crippen LogP contribution in [0.5, 0.6) is 0 Å². The van der Waals surface area contributed by atoms with Crippen LogP contribution in [0.25, 0.3) is 0 Å². The lowest BCUT2D eigenvalue weighted by atomic mass is 9.76. The van der Waals surface area contributed by atoms with Gasteiger partial charge in [-0.3, -0.25) is 4.79 Å². The van der Waals surface area contributed by atoms with E-state index in [4.69, 9.17) is 5.73 Å². The minimum absolute atomic E-state index is 0.197. The maximum atomic E-state index is 13.6. The smallest absolute Gasteiger partial charge is 0.222 e. The average molecular weight is 264 g/mol. The molecule has 4 atom stereocenters. The molecule has 3 nitrogen and oxygen atoms in total. The molecule has 1 fully saturated rings. The fraction of sp³-hybridized carbons (Fsp3) is 0.533. The monoisotopic (exact) mass is 264 g/mol. The molecule has 1 aromatic carbocycles. The van der Waals surface area contributed by atoms with Gasteiger partial charge in [-0.05, 0) is 49.4 Å². The van der Waals surface area contributed by atoms with Gasteiger partial charge in [-0.1, -0.05) is 13.0 Å². The Bertz CT molecular complexity index is 469. The van der Waals surface area contributed by atoms with Gasteiger partial charge in [0, 0.05) is 12.1 Å². The van der Waals surface area contributed by atoms with Crippen molar-refractivity contribution in [3.63, 3.8) is 0 Å². The van der Waals surface area contributed by atoms with Gasteiger partial charge in [0.15, 0.2) is 0 Å². The lowest BCUT2D eigenvalue weighted by Crippen LogP contribution is -2.49. The van der Waals surface area contributed by atoms with Gasteiger partial charge in [-0.15, -0.1) is 0 Å². The summed E-state index contributed by atoms with van der Waals surface area (Å²) in [6.07, 6.45) is 0.901. The number of amides is 1. The third-order valence-corrected chi connectivity index (χ3v) is 3.91. The molecule has 1 saturated heterocycles. The van der Waals surface area contributed by atoms with E-state index in [1.165, 1.54) is 12.1 Å². The second kappa shape index (κ2) is 5.29. The van der Waals surface area contributed by atoms with E-state index >= 15 is 0 Å². The van der Waals surface area contributed by atoms with E-state index in [0.717, 1.165) is 17.5 Å². The first-order valence-corrected chi connectivity index (χ1v) is 6.71. The molecule has 0 aliphatic carbocycles. The number of halogens is 1. The Kier molecular flexibility index (Phi) is 3.90. The molecule has 1 aliphatic rings. The number of nitrogens with one attached hydrogen (secondary N) is 1. The zero-order chi connectivity index (χ0) is 14.2. The van der Waals surface area contributed by atoms with Crippen molar-refractivity contribution >= 4 is 5.91 Å². The van der Waals surface area contributed by atoms with E-state index in [2.05, 4.69) is 12.2 Å². The highest BCUT2D eigenvalue weighted by atomic mass is 19.1. The number of carbonyl (C=O) groups is 1. The molecular formula is C15H21FN2O. The molecule has 4 heteroatoms. The van der Waals surface area contributed by atoms with Crippen molar-refractivity contribution in [3.05, 3.63) is 35.1 Å². The zero-order valence-electron chi connectivity index (χ0n) is 11.6. The highest BCUT2D eigenvalue weighted by Gasteiger charge is 2.38. The Morgan fingerprint density at radius 2 is 2.05 bits per heavy atom. The summed E-state index contributed by atoms with van der Waals surface area (Å²) in [5.74, 6) is -0.690. The van der Waals surface area contributed by atoms with Crippen molar-refractivity contribution < 1.29 is 9.18 Å². The standard InChI is InChI=1S/C15H21FN2O/c1-8-4-11(7-12(16)5-8)14-13(15(17)19)9(2)6-10(3)18-14/h4-5,7,9-10,13-14,18H,6H2,1-3H3,(H2,17,19). The van der Waals surface area contributed by atoms with Crippen LogP contribution in [0.1, 0.15) is 37.4 Å². The number of carbonyl (C=O) groups excluding carboxylic acids is 1. The maximum Gasteiger partial charge on any atom is 0.222 e. The van der Waals surface area contributed by atoms with Crippen molar-refractivity contribution in [1.82, 2.24) is 5.32 Å². The Morgan fingerprint density at radius 1 is 1.37 bits per heavy atom. The summed E-state index contributed by atoms with van der Waals surface area (Å²) in [4.78, 5) is 11.7. The van der Waals surface area contributed by atoms with Crippen molar-refractivity contribution in [2.45, 2.75) is 39.3 Å². The van der Waals surface area contributed by atoms with Crippen LogP contribution in [-0.2, 0) is 4.79 Å². The molecule has 104 valence electrons. The number of hydrogen-bond acceptors (Lipinski definition) is 2. The number of nitrogens with two attached hydrogens (primary N) is 1. The Labute approximate surface area is 113 Å². The summed E-state index contributed by atoms with van der Waals surface area (Å²) in [7, 11) is 0. The number of benzene rings is 1. The number of piperidine rings is 1. The SMILES string of the molecule is Cc1cc(F)cc(C2NC(C)CC(C)C2C(N)=O)c1. The topological polar surface area (TPSA) is 55.1 Å². The van der Waals surface area contributed by atoms with E-state index < -0.39 is 0 Å². The predicted octanol–water partition coefficient (Wildman–Crippen LogP) is 2.29. The Hall–Kier alpha value is -1.42. The summed E-state index contributed by atoms with van der Waals surface area (Å²) in [6.45, 7) is 5.96. The van der Waals surface area contributed by atoms with Gasteiger partial charge in [0.05, 0.1) is 5.92 Å². The second-order valence-electron chi connectivity index (χ2n) is 5.75. The average Bonchev–Trinajstić information content (AvgIpc) is 2.25. The lowest BCUT2D eigenvalue weighted by molar-refractivity contribution is -0.125. The molecule has 1 amide bonds. The highest BCUT2D eigenvalue weighted by Crippen LogP contribution is 2.35. The molecule has 4 unspecified atom stereocenters. The molecule has 0 aromatic heterocycles. The molecule has 3 N–H and O–H groups in total. The van der Waals surface area contributed by atoms with Gasteiger partial charge >= 0.3 is 0 Å². The molecule has 0 radical (unpaired) electrons. The third-order valence-electron chi connectivity index (χ3n) is 3.91. The molecule has 1 aliphatic heterocycles. The van der Waals surface area contributed by atoms with Crippen LogP contribution in [0, 0.1) is 24.6 Å². The summed E-state index contributed by atoms with van der Waals surface area (Å²) in [5.41, 5.74) is 7.19.